The van der Waals surface area contributed by atoms with Gasteiger partial charge in [-0.25, -0.2) is 0 Å². The maximum Gasteiger partial charge on any atom is 0.315 e. The Balaban J connectivity index is 2.34. The molecule has 0 amide bonds. The Labute approximate surface area is 110 Å². The molecular formula is C13H15N3O3. The number of nitro groups is 1. The molecule has 2 N–H and O–H groups in total. The Morgan fingerprint density at radius 1 is 1.42 bits per heavy atom. The highest BCUT2D eigenvalue weighted by Gasteiger charge is 2.21. The summed E-state index contributed by atoms with van der Waals surface area (Å²) in [7, 11) is 1.79. The SMILES string of the molecule is Cc1occc1CN(C)c1cccc(N)c1[N+](=O)[O-]. The van der Waals surface area contributed by atoms with Crippen LogP contribution in [0, 0.1) is 17.0 Å². The van der Waals surface area contributed by atoms with E-state index in [1.807, 2.05) is 13.0 Å². The molecule has 0 unspecified atom stereocenters. The maximum atomic E-state index is 11.1. The third-order valence-corrected chi connectivity index (χ3v) is 3.01. The van der Waals surface area contributed by atoms with Crippen molar-refractivity contribution in [2.75, 3.05) is 17.7 Å². The number of hydrogen-bond donors (Lipinski definition) is 1. The average molecular weight is 261 g/mol. The molecule has 6 nitrogen and oxygen atoms in total. The highest BCUT2D eigenvalue weighted by atomic mass is 16.6. The molecule has 0 aliphatic carbocycles. The Kier molecular flexibility index (Phi) is 3.41. The highest BCUT2D eigenvalue weighted by Crippen LogP contribution is 2.33. The zero-order valence-corrected chi connectivity index (χ0v) is 10.8. The minimum Gasteiger partial charge on any atom is -0.469 e. The van der Waals surface area contributed by atoms with Crippen molar-refractivity contribution >= 4 is 17.1 Å². The number of nitro benzene ring substituents is 1. The molecule has 0 fully saturated rings. The number of aryl methyl sites for hydroxylation is 1. The second-order valence-electron chi connectivity index (χ2n) is 4.33. The van der Waals surface area contributed by atoms with Crippen LogP contribution in [0.5, 0.6) is 0 Å². The molecule has 0 saturated heterocycles. The minimum absolute atomic E-state index is 0.0638. The van der Waals surface area contributed by atoms with Crippen LogP contribution in [-0.2, 0) is 6.54 Å². The van der Waals surface area contributed by atoms with E-state index in [0.29, 0.717) is 12.2 Å². The Bertz CT molecular complexity index is 607. The van der Waals surface area contributed by atoms with Crippen molar-refractivity contribution in [2.45, 2.75) is 13.5 Å². The van der Waals surface area contributed by atoms with Gasteiger partial charge < -0.3 is 15.1 Å². The molecule has 6 heteroatoms. The average Bonchev–Trinajstić information content (AvgIpc) is 2.74. The van der Waals surface area contributed by atoms with E-state index in [9.17, 15) is 10.1 Å². The minimum atomic E-state index is -0.455. The lowest BCUT2D eigenvalue weighted by Crippen LogP contribution is -2.18. The molecule has 0 aliphatic rings. The molecule has 0 radical (unpaired) electrons. The van der Waals surface area contributed by atoms with E-state index in [1.165, 1.54) is 6.07 Å². The molecule has 1 aromatic heterocycles. The molecule has 0 bridgehead atoms. The fraction of sp³-hybridized carbons (Fsp3) is 0.231. The van der Waals surface area contributed by atoms with Crippen molar-refractivity contribution in [1.29, 1.82) is 0 Å². The molecule has 2 rings (SSSR count). The third kappa shape index (κ3) is 2.52. The first-order valence-corrected chi connectivity index (χ1v) is 5.77. The topological polar surface area (TPSA) is 85.5 Å². The van der Waals surface area contributed by atoms with Crippen LogP contribution < -0.4 is 10.6 Å². The fourth-order valence-electron chi connectivity index (χ4n) is 1.97. The van der Waals surface area contributed by atoms with Gasteiger partial charge in [-0.1, -0.05) is 6.07 Å². The molecule has 0 saturated carbocycles. The van der Waals surface area contributed by atoms with E-state index >= 15 is 0 Å². The van der Waals surface area contributed by atoms with Crippen LogP contribution in [-0.4, -0.2) is 12.0 Å². The normalized spacial score (nSPS) is 10.4. The van der Waals surface area contributed by atoms with Crippen molar-refractivity contribution in [3.63, 3.8) is 0 Å². The van der Waals surface area contributed by atoms with Crippen LogP contribution in [0.25, 0.3) is 0 Å². The third-order valence-electron chi connectivity index (χ3n) is 3.01. The number of anilines is 2. The molecule has 0 atom stereocenters. The van der Waals surface area contributed by atoms with Gasteiger partial charge in [0.05, 0.1) is 11.2 Å². The Morgan fingerprint density at radius 3 is 2.74 bits per heavy atom. The summed E-state index contributed by atoms with van der Waals surface area (Å²) in [6, 6.07) is 6.77. The number of nitrogens with zero attached hydrogens (tertiary/aromatic N) is 2. The molecular weight excluding hydrogens is 246 g/mol. The summed E-state index contributed by atoms with van der Waals surface area (Å²) in [6.45, 7) is 2.38. The van der Waals surface area contributed by atoms with E-state index in [2.05, 4.69) is 0 Å². The lowest BCUT2D eigenvalue weighted by molar-refractivity contribution is -0.383. The number of para-hydroxylation sites is 1. The van der Waals surface area contributed by atoms with E-state index in [-0.39, 0.29) is 11.4 Å². The molecule has 19 heavy (non-hydrogen) atoms. The van der Waals surface area contributed by atoms with Crippen LogP contribution in [0.3, 0.4) is 0 Å². The maximum absolute atomic E-state index is 11.1. The second kappa shape index (κ2) is 5.01. The lowest BCUT2D eigenvalue weighted by atomic mass is 10.2. The smallest absolute Gasteiger partial charge is 0.315 e. The molecule has 0 spiro atoms. The van der Waals surface area contributed by atoms with E-state index < -0.39 is 4.92 Å². The second-order valence-corrected chi connectivity index (χ2v) is 4.33. The first-order valence-electron chi connectivity index (χ1n) is 5.77. The number of nitrogens with two attached hydrogens (primary N) is 1. The number of benzene rings is 1. The summed E-state index contributed by atoms with van der Waals surface area (Å²) in [5.41, 5.74) is 7.25. The van der Waals surface area contributed by atoms with E-state index in [4.69, 9.17) is 10.2 Å². The van der Waals surface area contributed by atoms with Crippen molar-refractivity contribution < 1.29 is 9.34 Å². The summed E-state index contributed by atoms with van der Waals surface area (Å²) in [6.07, 6.45) is 1.60. The monoisotopic (exact) mass is 261 g/mol. The van der Waals surface area contributed by atoms with E-state index in [0.717, 1.165) is 11.3 Å². The largest absolute Gasteiger partial charge is 0.469 e. The van der Waals surface area contributed by atoms with Gasteiger partial charge in [0.15, 0.2) is 0 Å². The summed E-state index contributed by atoms with van der Waals surface area (Å²) in [5, 5.41) is 11.1. The highest BCUT2D eigenvalue weighted by molar-refractivity contribution is 5.75. The summed E-state index contributed by atoms with van der Waals surface area (Å²) in [4.78, 5) is 12.4. The van der Waals surface area contributed by atoms with Gasteiger partial charge in [0.2, 0.25) is 0 Å². The number of rotatable bonds is 4. The number of hydrogen-bond acceptors (Lipinski definition) is 5. The van der Waals surface area contributed by atoms with E-state index in [1.54, 1.807) is 30.3 Å². The van der Waals surface area contributed by atoms with Gasteiger partial charge in [0.25, 0.3) is 0 Å². The quantitative estimate of drug-likeness (QED) is 0.519. The first kappa shape index (κ1) is 12.9. The van der Waals surface area contributed by atoms with Crippen molar-refractivity contribution in [3.05, 3.63) is 52.0 Å². The molecule has 100 valence electrons. The van der Waals surface area contributed by atoms with Gasteiger partial charge in [0.1, 0.15) is 17.1 Å². The van der Waals surface area contributed by atoms with Crippen LogP contribution in [0.2, 0.25) is 0 Å². The molecule has 0 aliphatic heterocycles. The van der Waals surface area contributed by atoms with Crippen LogP contribution in [0.1, 0.15) is 11.3 Å². The molecule has 1 heterocycles. The van der Waals surface area contributed by atoms with Gasteiger partial charge in [0, 0.05) is 19.2 Å². The standard InChI is InChI=1S/C13H15N3O3/c1-9-10(6-7-19-9)8-15(2)12-5-3-4-11(14)13(12)16(17)18/h3-7H,8,14H2,1-2H3. The van der Waals surface area contributed by atoms with Gasteiger partial charge in [-0.3, -0.25) is 10.1 Å². The summed E-state index contributed by atoms with van der Waals surface area (Å²) >= 11 is 0. The first-order chi connectivity index (χ1) is 9.00. The predicted molar refractivity (Wildman–Crippen MR) is 73.1 cm³/mol. The predicted octanol–water partition coefficient (Wildman–Crippen LogP) is 2.71. The van der Waals surface area contributed by atoms with Crippen LogP contribution in [0.4, 0.5) is 17.1 Å². The molecule has 1 aromatic carbocycles. The zero-order chi connectivity index (χ0) is 14.0. The van der Waals surface area contributed by atoms with Gasteiger partial charge in [-0.05, 0) is 25.1 Å². The Hall–Kier alpha value is -2.50. The van der Waals surface area contributed by atoms with Crippen LogP contribution in [0.15, 0.2) is 34.9 Å². The van der Waals surface area contributed by atoms with Crippen LogP contribution >= 0.6 is 0 Å². The Morgan fingerprint density at radius 2 is 2.16 bits per heavy atom. The number of nitrogen functional groups attached to an aromatic ring is 1. The summed E-state index contributed by atoms with van der Waals surface area (Å²) in [5.74, 6) is 0.804. The van der Waals surface area contributed by atoms with Crippen molar-refractivity contribution in [3.8, 4) is 0 Å². The van der Waals surface area contributed by atoms with Gasteiger partial charge in [-0.2, -0.15) is 0 Å². The zero-order valence-electron chi connectivity index (χ0n) is 10.8. The van der Waals surface area contributed by atoms with Gasteiger partial charge >= 0.3 is 5.69 Å². The van der Waals surface area contributed by atoms with Gasteiger partial charge in [-0.15, -0.1) is 0 Å². The summed E-state index contributed by atoms with van der Waals surface area (Å²) < 4.78 is 5.22. The van der Waals surface area contributed by atoms with Crippen molar-refractivity contribution in [1.82, 2.24) is 0 Å². The van der Waals surface area contributed by atoms with Crippen molar-refractivity contribution in [2.24, 2.45) is 0 Å². The number of furan rings is 1. The molecule has 2 aromatic rings. The fourth-order valence-corrected chi connectivity index (χ4v) is 1.97. The lowest BCUT2D eigenvalue weighted by Gasteiger charge is -2.19.